The van der Waals surface area contributed by atoms with E-state index in [0.717, 1.165) is 0 Å². The first kappa shape index (κ1) is 40.7. The molecule has 0 aromatic heterocycles. The molecule has 0 radical (unpaired) electrons. The third-order valence-corrected chi connectivity index (χ3v) is 9.00. The predicted octanol–water partition coefficient (Wildman–Crippen LogP) is 7.30. The fourth-order valence-corrected chi connectivity index (χ4v) is 5.99. The Morgan fingerprint density at radius 3 is 1.06 bits per heavy atom. The Morgan fingerprint density at radius 1 is 0.468 bits per heavy atom. The summed E-state index contributed by atoms with van der Waals surface area (Å²) in [4.78, 5) is 0. The van der Waals surface area contributed by atoms with Gasteiger partial charge in [-0.25, -0.2) is 0 Å². The van der Waals surface area contributed by atoms with E-state index >= 15 is 0 Å². The summed E-state index contributed by atoms with van der Waals surface area (Å²) in [6.45, 7) is 22.6. The van der Waals surface area contributed by atoms with Crippen molar-refractivity contribution >= 4 is 21.5 Å². The van der Waals surface area contributed by atoms with Crippen molar-refractivity contribution in [2.24, 2.45) is 0 Å². The summed E-state index contributed by atoms with van der Waals surface area (Å²) in [7, 11) is 0. The molecule has 6 rings (SSSR count). The zero-order valence-corrected chi connectivity index (χ0v) is 33.8. The summed E-state index contributed by atoms with van der Waals surface area (Å²) >= 11 is 0. The molecule has 0 nitrogen and oxygen atoms in total. The van der Waals surface area contributed by atoms with Crippen LogP contribution in [-0.2, 0) is 37.0 Å². The zero-order chi connectivity index (χ0) is 31.8. The summed E-state index contributed by atoms with van der Waals surface area (Å²) in [5, 5.41) is 5.44. The van der Waals surface area contributed by atoms with Gasteiger partial charge in [0.1, 0.15) is 0 Å². The van der Waals surface area contributed by atoms with Gasteiger partial charge < -0.3 is 24.8 Å². The van der Waals surface area contributed by atoms with Gasteiger partial charge in [-0.2, -0.15) is 12.1 Å². The van der Waals surface area contributed by atoms with Crippen LogP contribution in [0.3, 0.4) is 0 Å². The summed E-state index contributed by atoms with van der Waals surface area (Å²) in [5.74, 6) is 1.15. The Balaban J connectivity index is 0.000000307. The Hall–Kier alpha value is -2.44. The molecule has 0 heterocycles. The minimum atomic E-state index is 0. The number of hydrogen-bond donors (Lipinski definition) is 0. The first-order valence-electron chi connectivity index (χ1n) is 16.3. The van der Waals surface area contributed by atoms with E-state index in [-0.39, 0.29) is 61.8 Å². The van der Waals surface area contributed by atoms with Crippen molar-refractivity contribution in [3.8, 4) is 22.3 Å². The maximum atomic E-state index is 2.35. The van der Waals surface area contributed by atoms with Crippen LogP contribution in [0.15, 0.2) is 109 Å². The van der Waals surface area contributed by atoms with Crippen LogP contribution in [0, 0.1) is 0 Å². The first-order valence-corrected chi connectivity index (χ1v) is 16.3. The summed E-state index contributed by atoms with van der Waals surface area (Å²) in [6, 6.07) is 40.7. The molecule has 0 bridgehead atoms. The fourth-order valence-electron chi connectivity index (χ4n) is 5.99. The van der Waals surface area contributed by atoms with Gasteiger partial charge in [0.25, 0.3) is 0 Å². The van der Waals surface area contributed by atoms with E-state index in [1.54, 1.807) is 0 Å². The second-order valence-electron chi connectivity index (χ2n) is 15.2. The Kier molecular flexibility index (Phi) is 14.1. The van der Waals surface area contributed by atoms with Gasteiger partial charge in [-0.05, 0) is 44.9 Å². The molecule has 0 aliphatic heterocycles. The average molecular weight is 741 g/mol. The molecule has 244 valence electrons. The van der Waals surface area contributed by atoms with Crippen molar-refractivity contribution in [1.29, 1.82) is 0 Å². The normalized spacial score (nSPS) is 11.5. The van der Waals surface area contributed by atoms with E-state index in [4.69, 9.17) is 0 Å². The average Bonchev–Trinajstić information content (AvgIpc) is 3.62. The third-order valence-electron chi connectivity index (χ3n) is 9.00. The molecular weight excluding hydrogens is 691 g/mol. The quantitative estimate of drug-likeness (QED) is 0.167. The molecule has 0 aliphatic carbocycles. The van der Waals surface area contributed by atoms with Crippen molar-refractivity contribution in [2.75, 3.05) is 0 Å². The number of hydrogen-bond acceptors (Lipinski definition) is 0. The summed E-state index contributed by atoms with van der Waals surface area (Å²) in [5.41, 5.74) is 11.3. The van der Waals surface area contributed by atoms with Gasteiger partial charge in [0, 0.05) is 0 Å². The van der Waals surface area contributed by atoms with Gasteiger partial charge in [-0.3, -0.25) is 0 Å². The molecule has 6 aromatic carbocycles. The number of rotatable bonds is 4. The first-order chi connectivity index (χ1) is 20.7. The Bertz CT molecular complexity index is 1710. The van der Waals surface area contributed by atoms with Crippen LogP contribution in [-0.4, -0.2) is 0 Å². The van der Waals surface area contributed by atoms with E-state index in [1.165, 1.54) is 66.1 Å². The SMILES string of the molecule is CC(C)c1cc2c(-c3ccc(C(C)(C)C)cc3)cccc2[cH-]1.CC(C)c1cc2c(-c3ccc(C(C)(C)C)cc3)cccc2[cH-]1.[Cl-].[Cl-].[Zr+4]. The molecule has 0 spiro atoms. The van der Waals surface area contributed by atoms with Crippen LogP contribution in [0.25, 0.3) is 43.8 Å². The second kappa shape index (κ2) is 16.3. The van der Waals surface area contributed by atoms with Gasteiger partial charge >= 0.3 is 26.2 Å². The van der Waals surface area contributed by atoms with Crippen LogP contribution >= 0.6 is 0 Å². The molecule has 6 aromatic rings. The van der Waals surface area contributed by atoms with Gasteiger partial charge in [0.2, 0.25) is 0 Å². The van der Waals surface area contributed by atoms with Crippen molar-refractivity contribution in [2.45, 2.75) is 91.9 Å². The molecule has 0 saturated heterocycles. The van der Waals surface area contributed by atoms with Crippen LogP contribution in [0.5, 0.6) is 0 Å². The van der Waals surface area contributed by atoms with E-state index in [2.05, 4.69) is 178 Å². The monoisotopic (exact) mass is 738 g/mol. The van der Waals surface area contributed by atoms with E-state index in [9.17, 15) is 0 Å². The Labute approximate surface area is 316 Å². The molecule has 47 heavy (non-hydrogen) atoms. The minimum Gasteiger partial charge on any atom is -1.00 e. The molecule has 3 heteroatoms. The van der Waals surface area contributed by atoms with Crippen molar-refractivity contribution in [3.63, 3.8) is 0 Å². The van der Waals surface area contributed by atoms with Crippen molar-refractivity contribution < 1.29 is 51.0 Å². The fraction of sp³-hybridized carbons (Fsp3) is 0.318. The van der Waals surface area contributed by atoms with Crippen molar-refractivity contribution in [3.05, 3.63) is 131 Å². The van der Waals surface area contributed by atoms with Crippen LogP contribution in [0.4, 0.5) is 0 Å². The number of halogens is 2. The molecule has 0 aliphatic rings. The van der Waals surface area contributed by atoms with Gasteiger partial charge in [-0.1, -0.05) is 141 Å². The molecule has 0 amide bonds. The maximum Gasteiger partial charge on any atom is 4.00 e. The molecule has 0 saturated carbocycles. The third kappa shape index (κ3) is 9.38. The zero-order valence-electron chi connectivity index (χ0n) is 29.8. The van der Waals surface area contributed by atoms with E-state index in [0.29, 0.717) is 11.8 Å². The second-order valence-corrected chi connectivity index (χ2v) is 15.2. The largest absolute Gasteiger partial charge is 4.00 e. The smallest absolute Gasteiger partial charge is 1.00 e. The van der Waals surface area contributed by atoms with Gasteiger partial charge in [-0.15, -0.1) is 69.1 Å². The topological polar surface area (TPSA) is 0 Å². The molecular formula is C44H50Cl2Zr. The van der Waals surface area contributed by atoms with Gasteiger partial charge in [0.05, 0.1) is 0 Å². The summed E-state index contributed by atoms with van der Waals surface area (Å²) in [6.07, 6.45) is 0. The molecule has 0 atom stereocenters. The standard InChI is InChI=1S/2C22H25.2ClH.Zr/c2*1-15(2)18-13-17-7-6-8-20(21(17)14-18)16-9-11-19(12-10-16)22(3,4)5;;;/h2*6-15H,1-5H3;2*1H;/q2*-1;;;+4/p-2. The van der Waals surface area contributed by atoms with Gasteiger partial charge in [0.15, 0.2) is 0 Å². The van der Waals surface area contributed by atoms with Crippen LogP contribution < -0.4 is 24.8 Å². The number of fused-ring (bicyclic) bond motifs is 2. The van der Waals surface area contributed by atoms with E-state index in [1.807, 2.05) is 0 Å². The number of benzene rings is 4. The molecule has 0 N–H and O–H groups in total. The van der Waals surface area contributed by atoms with Crippen LogP contribution in [0.2, 0.25) is 0 Å². The minimum absolute atomic E-state index is 0. The van der Waals surface area contributed by atoms with E-state index < -0.39 is 0 Å². The van der Waals surface area contributed by atoms with Crippen LogP contribution in [0.1, 0.15) is 103 Å². The van der Waals surface area contributed by atoms with Crippen molar-refractivity contribution in [1.82, 2.24) is 0 Å². The maximum absolute atomic E-state index is 2.35. The predicted molar refractivity (Wildman–Crippen MR) is 196 cm³/mol. The molecule has 0 fully saturated rings. The molecule has 0 unspecified atom stereocenters. The summed E-state index contributed by atoms with van der Waals surface area (Å²) < 4.78 is 0. The Morgan fingerprint density at radius 2 is 0.787 bits per heavy atom.